The molecule has 0 bridgehead atoms. The van der Waals surface area contributed by atoms with Gasteiger partial charge in [-0.15, -0.1) is 0 Å². The number of aromatic carboxylic acids is 4. The molecule has 0 atom stereocenters. The second kappa shape index (κ2) is 24.7. The standard InChI is InChI=1S/4C7H4N2O6.C2H8N2/c4*10-7(11)4-1-5(8(12)13)3-6(2-4)9(14)15;3-1-2-4/h4*1-3H,(H,10,11);1-4H2. The Hall–Kier alpha value is -10.1. The molecule has 34 heteroatoms. The van der Waals surface area contributed by atoms with E-state index in [1.54, 1.807) is 0 Å². The molecule has 0 amide bonds. The van der Waals surface area contributed by atoms with Crippen LogP contribution < -0.4 is 21.7 Å². The van der Waals surface area contributed by atoms with Crippen LogP contribution in [0.5, 0.6) is 0 Å². The summed E-state index contributed by atoms with van der Waals surface area (Å²) in [5.74, 6) is -6.33. The van der Waals surface area contributed by atoms with E-state index in [2.05, 4.69) is 11.5 Å². The molecule has 4 rings (SSSR count). The summed E-state index contributed by atoms with van der Waals surface area (Å²) in [5.41, 5.74) is -0.247. The van der Waals surface area contributed by atoms with E-state index in [1.807, 2.05) is 0 Å². The molecule has 0 aliphatic heterocycles. The number of quaternary nitrogens is 2. The molecule has 338 valence electrons. The number of nitro groups is 8. The number of benzene rings is 4. The SMILES string of the molecule is O=C(O)c1cc([N+](=O)[O-])cc([N+](=O)[O-])c1.O=C(O)c1cc([N+](=O)[O-])cc([N+](=O)[O-])c1.O=C([O-])c1cc([N+](=O)[O-])cc([N+](=O)[O-])c1.O=C([O-])c1cc([N+](=O)[O-])cc([N+](=O)[O-])c1.[NH3+]CC[NH3+]. The van der Waals surface area contributed by atoms with Crippen LogP contribution in [-0.2, 0) is 0 Å². The van der Waals surface area contributed by atoms with Crippen molar-refractivity contribution in [3.63, 3.8) is 0 Å². The predicted octanol–water partition coefficient (Wildman–Crippen LogP) is -0.394. The summed E-state index contributed by atoms with van der Waals surface area (Å²) in [4.78, 5) is 117. The quantitative estimate of drug-likeness (QED) is 0.0979. The van der Waals surface area contributed by atoms with Gasteiger partial charge < -0.3 is 41.5 Å². The van der Waals surface area contributed by atoms with Crippen LogP contribution in [0.3, 0.4) is 0 Å². The van der Waals surface area contributed by atoms with Crippen LogP contribution in [0.25, 0.3) is 0 Å². The van der Waals surface area contributed by atoms with Crippen LogP contribution in [0.1, 0.15) is 41.4 Å². The fraction of sp³-hybridized carbons (Fsp3) is 0.0667. The summed E-state index contributed by atoms with van der Waals surface area (Å²) >= 11 is 0. The number of non-ortho nitro benzene ring substituents is 8. The number of nitro benzene ring substituents is 8. The summed E-state index contributed by atoms with van der Waals surface area (Å²) in [5, 5.41) is 121. The topological polar surface area (TPSA) is 555 Å². The number of carboxylic acids is 4. The summed E-state index contributed by atoms with van der Waals surface area (Å²) in [6, 6.07) is 8.57. The molecule has 0 fully saturated rings. The van der Waals surface area contributed by atoms with Gasteiger partial charge in [0, 0.05) is 59.7 Å². The maximum Gasteiger partial charge on any atom is 0.336 e. The summed E-state index contributed by atoms with van der Waals surface area (Å²) in [6.07, 6.45) is 0. The fourth-order valence-electron chi connectivity index (χ4n) is 3.71. The minimum atomic E-state index is -1.71. The largest absolute Gasteiger partial charge is 0.545 e. The zero-order valence-electron chi connectivity index (χ0n) is 31.2. The lowest BCUT2D eigenvalue weighted by molar-refractivity contribution is -0.453. The van der Waals surface area contributed by atoms with Crippen LogP contribution in [0.4, 0.5) is 45.5 Å². The maximum atomic E-state index is 10.5. The molecular formula is C30H24N10O24. The second-order valence-corrected chi connectivity index (χ2v) is 10.9. The third kappa shape index (κ3) is 17.8. The smallest absolute Gasteiger partial charge is 0.336 e. The first-order valence-corrected chi connectivity index (χ1v) is 15.8. The van der Waals surface area contributed by atoms with Crippen molar-refractivity contribution < 1.29 is 90.5 Å². The molecule has 0 spiro atoms. The van der Waals surface area contributed by atoms with Gasteiger partial charge in [-0.3, -0.25) is 80.9 Å². The van der Waals surface area contributed by atoms with Gasteiger partial charge in [0.25, 0.3) is 45.5 Å². The molecule has 0 saturated carbocycles. The average molecular weight is 909 g/mol. The van der Waals surface area contributed by atoms with Crippen molar-refractivity contribution in [2.75, 3.05) is 13.1 Å². The van der Waals surface area contributed by atoms with E-state index in [0.29, 0.717) is 48.5 Å². The van der Waals surface area contributed by atoms with E-state index in [4.69, 9.17) is 10.2 Å². The van der Waals surface area contributed by atoms with Gasteiger partial charge in [-0.05, 0) is 0 Å². The molecule has 64 heavy (non-hydrogen) atoms. The van der Waals surface area contributed by atoms with Crippen molar-refractivity contribution in [3.05, 3.63) is 176 Å². The number of carboxylic acid groups (broad SMARTS) is 4. The van der Waals surface area contributed by atoms with Crippen molar-refractivity contribution in [1.29, 1.82) is 0 Å². The van der Waals surface area contributed by atoms with Gasteiger partial charge in [0.2, 0.25) is 0 Å². The highest BCUT2D eigenvalue weighted by atomic mass is 16.7. The number of carbonyl (C=O) groups excluding carboxylic acids is 2. The Balaban J connectivity index is 0.000000803. The van der Waals surface area contributed by atoms with Gasteiger partial charge in [0.1, 0.15) is 13.1 Å². The van der Waals surface area contributed by atoms with Crippen molar-refractivity contribution in [2.24, 2.45) is 0 Å². The first-order valence-electron chi connectivity index (χ1n) is 15.8. The van der Waals surface area contributed by atoms with E-state index in [0.717, 1.165) is 37.4 Å². The van der Waals surface area contributed by atoms with Crippen molar-refractivity contribution in [2.45, 2.75) is 0 Å². The summed E-state index contributed by atoms with van der Waals surface area (Å²) < 4.78 is 0. The summed E-state index contributed by atoms with van der Waals surface area (Å²) in [6.45, 7) is 1.92. The second-order valence-electron chi connectivity index (χ2n) is 10.9. The number of hydrogen-bond acceptors (Lipinski definition) is 22. The lowest BCUT2D eigenvalue weighted by atomic mass is 10.2. The van der Waals surface area contributed by atoms with Crippen LogP contribution in [-0.4, -0.2) is 86.6 Å². The van der Waals surface area contributed by atoms with Crippen LogP contribution in [0.2, 0.25) is 0 Å². The van der Waals surface area contributed by atoms with Crippen molar-refractivity contribution >= 4 is 69.4 Å². The molecule has 0 aromatic heterocycles. The van der Waals surface area contributed by atoms with Crippen LogP contribution in [0, 0.1) is 80.9 Å². The molecule has 34 nitrogen and oxygen atoms in total. The number of nitrogens with zero attached hydrogens (tertiary/aromatic N) is 8. The maximum absolute atomic E-state index is 10.5. The highest BCUT2D eigenvalue weighted by Crippen LogP contribution is 2.25. The Morgan fingerprint density at radius 3 is 0.578 bits per heavy atom. The van der Waals surface area contributed by atoms with Gasteiger partial charge in [0.15, 0.2) is 0 Å². The van der Waals surface area contributed by atoms with Gasteiger partial charge in [-0.2, -0.15) is 0 Å². The highest BCUT2D eigenvalue weighted by Gasteiger charge is 2.21. The van der Waals surface area contributed by atoms with Gasteiger partial charge in [0.05, 0.1) is 86.7 Å². The minimum absolute atomic E-state index is 0.490. The molecule has 4 aromatic carbocycles. The van der Waals surface area contributed by atoms with E-state index >= 15 is 0 Å². The molecule has 8 N–H and O–H groups in total. The molecule has 0 aliphatic carbocycles. The van der Waals surface area contributed by atoms with E-state index in [1.165, 1.54) is 0 Å². The lowest BCUT2D eigenvalue weighted by Crippen LogP contribution is -2.64. The molecule has 0 aliphatic rings. The van der Waals surface area contributed by atoms with Gasteiger partial charge >= 0.3 is 11.9 Å². The first-order chi connectivity index (χ1) is 29.6. The Kier molecular flexibility index (Phi) is 20.8. The average Bonchev–Trinajstić information content (AvgIpc) is 3.23. The predicted molar refractivity (Wildman–Crippen MR) is 197 cm³/mol. The number of hydrogen-bond donors (Lipinski definition) is 4. The number of rotatable bonds is 13. The Morgan fingerprint density at radius 1 is 0.344 bits per heavy atom. The number of carbonyl (C=O) groups is 4. The summed E-state index contributed by atoms with van der Waals surface area (Å²) in [7, 11) is 0. The normalized spacial score (nSPS) is 9.47. The van der Waals surface area contributed by atoms with Crippen molar-refractivity contribution in [3.8, 4) is 0 Å². The molecular weight excluding hydrogens is 884 g/mol. The lowest BCUT2D eigenvalue weighted by Gasteiger charge is -2.01. The third-order valence-electron chi connectivity index (χ3n) is 6.51. The Bertz CT molecular complexity index is 1890. The van der Waals surface area contributed by atoms with Crippen LogP contribution >= 0.6 is 0 Å². The zero-order chi connectivity index (χ0) is 49.8. The molecule has 4 aromatic rings. The first kappa shape index (κ1) is 53.9. The zero-order valence-corrected chi connectivity index (χ0v) is 31.2. The van der Waals surface area contributed by atoms with Crippen LogP contribution in [0.15, 0.2) is 72.8 Å². The third-order valence-corrected chi connectivity index (χ3v) is 6.51. The molecule has 0 heterocycles. The molecule has 0 unspecified atom stereocenters. The Morgan fingerprint density at radius 2 is 0.484 bits per heavy atom. The van der Waals surface area contributed by atoms with E-state index < -0.39 is 131 Å². The molecule has 0 radical (unpaired) electrons. The van der Waals surface area contributed by atoms with Crippen molar-refractivity contribution in [1.82, 2.24) is 0 Å². The van der Waals surface area contributed by atoms with Gasteiger partial charge in [-0.1, -0.05) is 0 Å². The monoisotopic (exact) mass is 908 g/mol. The fourth-order valence-corrected chi connectivity index (χ4v) is 3.71. The molecule has 0 saturated heterocycles. The minimum Gasteiger partial charge on any atom is -0.545 e. The highest BCUT2D eigenvalue weighted by molar-refractivity contribution is 5.90. The van der Waals surface area contributed by atoms with E-state index in [-0.39, 0.29) is 0 Å². The van der Waals surface area contributed by atoms with Gasteiger partial charge in [-0.25, -0.2) is 9.59 Å². The Labute approximate surface area is 349 Å². The van der Waals surface area contributed by atoms with E-state index in [9.17, 15) is 110 Å².